The van der Waals surface area contributed by atoms with Crippen molar-refractivity contribution in [1.29, 1.82) is 0 Å². The zero-order chi connectivity index (χ0) is 12.2. The van der Waals surface area contributed by atoms with E-state index in [0.29, 0.717) is 25.1 Å². The van der Waals surface area contributed by atoms with E-state index in [1.807, 2.05) is 6.92 Å². The van der Waals surface area contributed by atoms with E-state index in [2.05, 4.69) is 24.5 Å². The molecule has 2 atom stereocenters. The molecule has 1 aliphatic carbocycles. The van der Waals surface area contributed by atoms with E-state index >= 15 is 0 Å². The quantitative estimate of drug-likeness (QED) is 0.710. The molecule has 0 aromatic rings. The Morgan fingerprint density at radius 1 is 1.50 bits per heavy atom. The average molecular weight is 228 g/mol. The second-order valence-corrected chi connectivity index (χ2v) is 4.99. The van der Waals surface area contributed by atoms with E-state index in [0.717, 1.165) is 13.0 Å². The van der Waals surface area contributed by atoms with Gasteiger partial charge in [-0.1, -0.05) is 13.8 Å². The van der Waals surface area contributed by atoms with Gasteiger partial charge in [-0.2, -0.15) is 0 Å². The fourth-order valence-electron chi connectivity index (χ4n) is 2.28. The van der Waals surface area contributed by atoms with Crippen LogP contribution in [0.2, 0.25) is 0 Å². The van der Waals surface area contributed by atoms with Crippen LogP contribution in [0.25, 0.3) is 0 Å². The summed E-state index contributed by atoms with van der Waals surface area (Å²) in [5.74, 6) is 0.121. The molecular formula is C12H24N2O2. The normalized spacial score (nSPS) is 27.2. The molecule has 0 heterocycles. The lowest BCUT2D eigenvalue weighted by Gasteiger charge is -2.51. The minimum atomic E-state index is 0.121. The third kappa shape index (κ3) is 2.95. The monoisotopic (exact) mass is 228 g/mol. The van der Waals surface area contributed by atoms with Crippen molar-refractivity contribution in [3.63, 3.8) is 0 Å². The van der Waals surface area contributed by atoms with Crippen LogP contribution in [0, 0.1) is 5.41 Å². The first-order valence-corrected chi connectivity index (χ1v) is 6.05. The third-order valence-corrected chi connectivity index (χ3v) is 3.58. The first-order valence-electron chi connectivity index (χ1n) is 6.05. The number of carbonyl (C=O) groups excluding carboxylic acids is 1. The lowest BCUT2D eigenvalue weighted by atomic mass is 9.64. The van der Waals surface area contributed by atoms with Crippen LogP contribution in [0.15, 0.2) is 0 Å². The Morgan fingerprint density at radius 3 is 2.69 bits per heavy atom. The highest BCUT2D eigenvalue weighted by Crippen LogP contribution is 2.42. The fourth-order valence-corrected chi connectivity index (χ4v) is 2.28. The number of hydrogen-bond donors (Lipinski definition) is 2. The Bertz CT molecular complexity index is 241. The molecule has 4 heteroatoms. The van der Waals surface area contributed by atoms with Gasteiger partial charge in [0.25, 0.3) is 0 Å². The smallest absolute Gasteiger partial charge is 0.221 e. The maximum Gasteiger partial charge on any atom is 0.221 e. The minimum Gasteiger partial charge on any atom is -0.381 e. The molecule has 1 fully saturated rings. The highest BCUT2D eigenvalue weighted by atomic mass is 16.5. The van der Waals surface area contributed by atoms with Gasteiger partial charge in [-0.3, -0.25) is 4.79 Å². The molecule has 0 aromatic heterocycles. The molecule has 1 aliphatic rings. The molecule has 0 aliphatic heterocycles. The molecule has 0 saturated heterocycles. The lowest BCUT2D eigenvalue weighted by molar-refractivity contribution is -0.121. The zero-order valence-corrected chi connectivity index (χ0v) is 10.8. The Balaban J connectivity index is 2.18. The summed E-state index contributed by atoms with van der Waals surface area (Å²) in [7, 11) is 1.76. The number of nitrogens with one attached hydrogen (secondary N) is 2. The summed E-state index contributed by atoms with van der Waals surface area (Å²) in [5.41, 5.74) is 0.177. The summed E-state index contributed by atoms with van der Waals surface area (Å²) in [6, 6.07) is 0.465. The van der Waals surface area contributed by atoms with Crippen molar-refractivity contribution in [2.75, 3.05) is 20.2 Å². The van der Waals surface area contributed by atoms with E-state index in [1.54, 1.807) is 7.11 Å². The second kappa shape index (κ2) is 5.64. The molecule has 0 radical (unpaired) electrons. The molecular weight excluding hydrogens is 204 g/mol. The van der Waals surface area contributed by atoms with Gasteiger partial charge in [0.1, 0.15) is 0 Å². The molecule has 1 rings (SSSR count). The van der Waals surface area contributed by atoms with Crippen molar-refractivity contribution in [3.8, 4) is 0 Å². The maximum absolute atomic E-state index is 11.2. The van der Waals surface area contributed by atoms with Crippen LogP contribution in [0.3, 0.4) is 0 Å². The summed E-state index contributed by atoms with van der Waals surface area (Å²) in [6.07, 6.45) is 1.94. The highest BCUT2D eigenvalue weighted by Gasteiger charge is 2.47. The van der Waals surface area contributed by atoms with E-state index in [4.69, 9.17) is 4.74 Å². The fraction of sp³-hybridized carbons (Fsp3) is 0.917. The van der Waals surface area contributed by atoms with Gasteiger partial charge in [-0.15, -0.1) is 0 Å². The van der Waals surface area contributed by atoms with Crippen LogP contribution in [-0.2, 0) is 9.53 Å². The van der Waals surface area contributed by atoms with Gasteiger partial charge in [-0.05, 0) is 13.3 Å². The predicted octanol–water partition coefficient (Wildman–Crippen LogP) is 0.916. The van der Waals surface area contributed by atoms with E-state index in [1.165, 1.54) is 0 Å². The third-order valence-electron chi connectivity index (χ3n) is 3.58. The summed E-state index contributed by atoms with van der Waals surface area (Å²) < 4.78 is 5.38. The first kappa shape index (κ1) is 13.5. The van der Waals surface area contributed by atoms with E-state index in [-0.39, 0.29) is 11.3 Å². The standard InChI is InChI=1S/C12H24N2O2/c1-5-13-11(15)6-7-14-9-8-10(16-4)12(9,2)3/h9-10,14H,5-8H2,1-4H3,(H,13,15). The summed E-state index contributed by atoms with van der Waals surface area (Å²) in [5, 5.41) is 6.21. The molecule has 2 N–H and O–H groups in total. The largest absolute Gasteiger partial charge is 0.381 e. The van der Waals surface area contributed by atoms with Gasteiger partial charge in [0, 0.05) is 38.1 Å². The number of methoxy groups -OCH3 is 1. The molecule has 0 spiro atoms. The van der Waals surface area contributed by atoms with Crippen molar-refractivity contribution in [1.82, 2.24) is 10.6 Å². The van der Waals surface area contributed by atoms with Crippen molar-refractivity contribution in [3.05, 3.63) is 0 Å². The minimum absolute atomic E-state index is 0.121. The second-order valence-electron chi connectivity index (χ2n) is 4.99. The number of amides is 1. The van der Waals surface area contributed by atoms with Crippen molar-refractivity contribution >= 4 is 5.91 Å². The van der Waals surface area contributed by atoms with Crippen molar-refractivity contribution < 1.29 is 9.53 Å². The van der Waals surface area contributed by atoms with Gasteiger partial charge >= 0.3 is 0 Å². The van der Waals surface area contributed by atoms with Gasteiger partial charge in [0.2, 0.25) is 5.91 Å². The van der Waals surface area contributed by atoms with Crippen LogP contribution in [0.4, 0.5) is 0 Å². The van der Waals surface area contributed by atoms with Crippen LogP contribution >= 0.6 is 0 Å². The van der Waals surface area contributed by atoms with Crippen molar-refractivity contribution in [2.45, 2.75) is 45.8 Å². The number of rotatable bonds is 6. The summed E-state index contributed by atoms with van der Waals surface area (Å²) in [6.45, 7) is 7.79. The summed E-state index contributed by atoms with van der Waals surface area (Å²) >= 11 is 0. The van der Waals surface area contributed by atoms with E-state index < -0.39 is 0 Å². The average Bonchev–Trinajstić information content (AvgIpc) is 2.22. The topological polar surface area (TPSA) is 50.4 Å². The van der Waals surface area contributed by atoms with Gasteiger partial charge in [0.15, 0.2) is 0 Å². The van der Waals surface area contributed by atoms with E-state index in [9.17, 15) is 4.79 Å². The Morgan fingerprint density at radius 2 is 2.19 bits per heavy atom. The Hall–Kier alpha value is -0.610. The van der Waals surface area contributed by atoms with Crippen molar-refractivity contribution in [2.24, 2.45) is 5.41 Å². The molecule has 16 heavy (non-hydrogen) atoms. The first-order chi connectivity index (χ1) is 7.52. The molecule has 0 aromatic carbocycles. The van der Waals surface area contributed by atoms with Crippen LogP contribution in [0.5, 0.6) is 0 Å². The van der Waals surface area contributed by atoms with Gasteiger partial charge in [-0.25, -0.2) is 0 Å². The number of hydrogen-bond acceptors (Lipinski definition) is 3. The molecule has 1 amide bonds. The molecule has 0 bridgehead atoms. The summed E-state index contributed by atoms with van der Waals surface area (Å²) in [4.78, 5) is 11.2. The molecule has 2 unspecified atom stereocenters. The van der Waals surface area contributed by atoms with Gasteiger partial charge < -0.3 is 15.4 Å². The SMILES string of the molecule is CCNC(=O)CCNC1CC(OC)C1(C)C. The van der Waals surface area contributed by atoms with Crippen LogP contribution in [0.1, 0.15) is 33.6 Å². The number of ether oxygens (including phenoxy) is 1. The highest BCUT2D eigenvalue weighted by molar-refractivity contribution is 5.75. The lowest BCUT2D eigenvalue weighted by Crippen LogP contribution is -2.60. The molecule has 94 valence electrons. The maximum atomic E-state index is 11.2. The van der Waals surface area contributed by atoms with Crippen LogP contribution in [-0.4, -0.2) is 38.3 Å². The molecule has 1 saturated carbocycles. The predicted molar refractivity (Wildman–Crippen MR) is 64.3 cm³/mol. The Labute approximate surface area is 98.1 Å². The Kier molecular flexibility index (Phi) is 4.74. The zero-order valence-electron chi connectivity index (χ0n) is 10.8. The molecule has 4 nitrogen and oxygen atoms in total. The van der Waals surface area contributed by atoms with Gasteiger partial charge in [0.05, 0.1) is 6.10 Å². The number of carbonyl (C=O) groups is 1. The van der Waals surface area contributed by atoms with Crippen LogP contribution < -0.4 is 10.6 Å².